The lowest BCUT2D eigenvalue weighted by molar-refractivity contribution is 0.405. The molecule has 0 amide bonds. The molecular formula is C13H18FN3. The molecular weight excluding hydrogens is 217 g/mol. The quantitative estimate of drug-likeness (QED) is 0.781. The molecule has 3 nitrogen and oxygen atoms in total. The summed E-state index contributed by atoms with van der Waals surface area (Å²) in [6.45, 7) is 1.93. The van der Waals surface area contributed by atoms with Gasteiger partial charge >= 0.3 is 0 Å². The molecule has 0 unspecified atom stereocenters. The van der Waals surface area contributed by atoms with Crippen molar-refractivity contribution < 1.29 is 4.39 Å². The Morgan fingerprint density at radius 2 is 2.18 bits per heavy atom. The molecule has 0 aliphatic heterocycles. The minimum Gasteiger partial charge on any atom is -0.383 e. The van der Waals surface area contributed by atoms with Crippen LogP contribution in [0.3, 0.4) is 0 Å². The van der Waals surface area contributed by atoms with Gasteiger partial charge in [-0.3, -0.25) is 0 Å². The number of rotatable bonds is 5. The van der Waals surface area contributed by atoms with Gasteiger partial charge in [-0.25, -0.2) is 0 Å². The molecule has 0 spiro atoms. The summed E-state index contributed by atoms with van der Waals surface area (Å²) in [6, 6.07) is 7.32. The van der Waals surface area contributed by atoms with Gasteiger partial charge in [0.25, 0.3) is 0 Å². The summed E-state index contributed by atoms with van der Waals surface area (Å²) < 4.78 is 13.1. The van der Waals surface area contributed by atoms with E-state index in [-0.39, 0.29) is 5.95 Å². The van der Waals surface area contributed by atoms with Crippen LogP contribution in [-0.2, 0) is 0 Å². The van der Waals surface area contributed by atoms with Crippen molar-refractivity contribution in [3.8, 4) is 0 Å². The number of halogens is 1. The van der Waals surface area contributed by atoms with Crippen LogP contribution in [0.15, 0.2) is 24.3 Å². The van der Waals surface area contributed by atoms with Crippen LogP contribution in [0.2, 0.25) is 0 Å². The lowest BCUT2D eigenvalue weighted by Gasteiger charge is -2.11. The summed E-state index contributed by atoms with van der Waals surface area (Å²) in [5, 5.41) is 4.23. The number of aromatic nitrogens is 1. The Labute approximate surface area is 101 Å². The Kier molecular flexibility index (Phi) is 3.64. The second-order valence-corrected chi connectivity index (χ2v) is 4.47. The van der Waals surface area contributed by atoms with Gasteiger partial charge in [-0.1, -0.05) is 12.1 Å². The first-order chi connectivity index (χ1) is 8.16. The maximum absolute atomic E-state index is 13.1. The van der Waals surface area contributed by atoms with Crippen LogP contribution >= 0.6 is 0 Å². The first-order valence-electron chi connectivity index (χ1n) is 5.82. The van der Waals surface area contributed by atoms with Gasteiger partial charge in [0.15, 0.2) is 5.95 Å². The first-order valence-corrected chi connectivity index (χ1v) is 5.82. The van der Waals surface area contributed by atoms with E-state index in [0.29, 0.717) is 0 Å². The van der Waals surface area contributed by atoms with Crippen LogP contribution in [0.5, 0.6) is 0 Å². The molecule has 0 bridgehead atoms. The van der Waals surface area contributed by atoms with Crippen LogP contribution in [0.4, 0.5) is 10.1 Å². The van der Waals surface area contributed by atoms with Crippen molar-refractivity contribution in [2.75, 3.05) is 32.5 Å². The monoisotopic (exact) mass is 235 g/mol. The summed E-state index contributed by atoms with van der Waals surface area (Å²) in [5.74, 6) is -0.289. The standard InChI is InChI=1S/C13H18FN3/c1-17(2)8-4-7-15-11-6-3-5-10-9-12(14)16-13(10)11/h3,5-6,9,15-16H,4,7-8H2,1-2H3. The Bertz CT molecular complexity index is 490. The Hall–Kier alpha value is -1.55. The highest BCUT2D eigenvalue weighted by molar-refractivity contribution is 5.91. The smallest absolute Gasteiger partial charge is 0.192 e. The van der Waals surface area contributed by atoms with E-state index < -0.39 is 0 Å². The predicted molar refractivity (Wildman–Crippen MR) is 69.9 cm³/mol. The molecule has 0 saturated heterocycles. The number of hydrogen-bond donors (Lipinski definition) is 2. The highest BCUT2D eigenvalue weighted by Crippen LogP contribution is 2.22. The van der Waals surface area contributed by atoms with E-state index in [1.54, 1.807) is 0 Å². The maximum Gasteiger partial charge on any atom is 0.192 e. The zero-order valence-corrected chi connectivity index (χ0v) is 10.3. The predicted octanol–water partition coefficient (Wildman–Crippen LogP) is 2.67. The second-order valence-electron chi connectivity index (χ2n) is 4.47. The molecule has 1 aromatic heterocycles. The fraction of sp³-hybridized carbons (Fsp3) is 0.385. The number of benzene rings is 1. The van der Waals surface area contributed by atoms with Crippen LogP contribution in [0.25, 0.3) is 10.9 Å². The highest BCUT2D eigenvalue weighted by Gasteiger charge is 2.04. The van der Waals surface area contributed by atoms with Crippen molar-refractivity contribution in [2.24, 2.45) is 0 Å². The zero-order chi connectivity index (χ0) is 12.3. The van der Waals surface area contributed by atoms with Gasteiger partial charge in [0.2, 0.25) is 0 Å². The van der Waals surface area contributed by atoms with Crippen LogP contribution in [-0.4, -0.2) is 37.1 Å². The summed E-state index contributed by atoms with van der Waals surface area (Å²) in [5.41, 5.74) is 1.81. The fourth-order valence-corrected chi connectivity index (χ4v) is 1.89. The summed E-state index contributed by atoms with van der Waals surface area (Å²) >= 11 is 0. The van der Waals surface area contributed by atoms with Gasteiger partial charge in [-0.15, -0.1) is 0 Å². The lowest BCUT2D eigenvalue weighted by atomic mass is 10.2. The minimum absolute atomic E-state index is 0.289. The van der Waals surface area contributed by atoms with E-state index >= 15 is 0 Å². The molecule has 17 heavy (non-hydrogen) atoms. The van der Waals surface area contributed by atoms with Crippen molar-refractivity contribution >= 4 is 16.6 Å². The van der Waals surface area contributed by atoms with Gasteiger partial charge in [0, 0.05) is 18.0 Å². The Balaban J connectivity index is 2.03. The average molecular weight is 235 g/mol. The number of hydrogen-bond acceptors (Lipinski definition) is 2. The number of H-pyrrole nitrogens is 1. The van der Waals surface area contributed by atoms with E-state index in [1.807, 2.05) is 18.2 Å². The average Bonchev–Trinajstić information content (AvgIpc) is 2.65. The van der Waals surface area contributed by atoms with Gasteiger partial charge < -0.3 is 15.2 Å². The third-order valence-corrected chi connectivity index (χ3v) is 2.72. The largest absolute Gasteiger partial charge is 0.383 e. The van der Waals surface area contributed by atoms with E-state index in [0.717, 1.165) is 36.1 Å². The van der Waals surface area contributed by atoms with Gasteiger partial charge in [0.05, 0.1) is 11.2 Å². The van der Waals surface area contributed by atoms with Crippen molar-refractivity contribution in [2.45, 2.75) is 6.42 Å². The number of anilines is 1. The SMILES string of the molecule is CN(C)CCCNc1cccc2cc(F)[nH]c12. The number of aromatic amines is 1. The number of nitrogens with zero attached hydrogens (tertiary/aromatic N) is 1. The topological polar surface area (TPSA) is 31.1 Å². The number of para-hydroxylation sites is 1. The molecule has 1 aromatic carbocycles. The molecule has 2 aromatic rings. The van der Waals surface area contributed by atoms with Gasteiger partial charge in [0.1, 0.15) is 0 Å². The molecule has 0 fully saturated rings. The van der Waals surface area contributed by atoms with E-state index in [4.69, 9.17) is 0 Å². The maximum atomic E-state index is 13.1. The van der Waals surface area contributed by atoms with Crippen molar-refractivity contribution in [1.82, 2.24) is 9.88 Å². The molecule has 2 N–H and O–H groups in total. The fourth-order valence-electron chi connectivity index (χ4n) is 1.89. The number of fused-ring (bicyclic) bond motifs is 1. The molecule has 4 heteroatoms. The van der Waals surface area contributed by atoms with Crippen LogP contribution in [0.1, 0.15) is 6.42 Å². The highest BCUT2D eigenvalue weighted by atomic mass is 19.1. The van der Waals surface area contributed by atoms with E-state index in [1.165, 1.54) is 6.07 Å². The molecule has 0 aliphatic rings. The minimum atomic E-state index is -0.289. The second kappa shape index (κ2) is 5.19. The van der Waals surface area contributed by atoms with Crippen LogP contribution < -0.4 is 5.32 Å². The molecule has 92 valence electrons. The zero-order valence-electron chi connectivity index (χ0n) is 10.3. The number of nitrogens with one attached hydrogen (secondary N) is 2. The Morgan fingerprint density at radius 1 is 1.35 bits per heavy atom. The third-order valence-electron chi connectivity index (χ3n) is 2.72. The van der Waals surface area contributed by atoms with Crippen LogP contribution in [0, 0.1) is 5.95 Å². The van der Waals surface area contributed by atoms with Crippen molar-refractivity contribution in [1.29, 1.82) is 0 Å². The van der Waals surface area contributed by atoms with Gasteiger partial charge in [-0.2, -0.15) is 4.39 Å². The van der Waals surface area contributed by atoms with Crippen molar-refractivity contribution in [3.05, 3.63) is 30.2 Å². The molecule has 1 heterocycles. The Morgan fingerprint density at radius 3 is 2.94 bits per heavy atom. The molecule has 0 radical (unpaired) electrons. The lowest BCUT2D eigenvalue weighted by Crippen LogP contribution is -2.16. The molecule has 0 atom stereocenters. The normalized spacial score (nSPS) is 11.3. The van der Waals surface area contributed by atoms with Crippen molar-refractivity contribution in [3.63, 3.8) is 0 Å². The first kappa shape index (κ1) is 11.9. The van der Waals surface area contributed by atoms with E-state index in [2.05, 4.69) is 29.3 Å². The van der Waals surface area contributed by atoms with E-state index in [9.17, 15) is 4.39 Å². The molecule has 0 aliphatic carbocycles. The summed E-state index contributed by atoms with van der Waals surface area (Å²) in [4.78, 5) is 4.89. The molecule has 0 saturated carbocycles. The van der Waals surface area contributed by atoms with Gasteiger partial charge in [-0.05, 0) is 33.1 Å². The third kappa shape index (κ3) is 2.97. The molecule has 2 rings (SSSR count). The summed E-state index contributed by atoms with van der Waals surface area (Å²) in [6.07, 6.45) is 1.06. The summed E-state index contributed by atoms with van der Waals surface area (Å²) in [7, 11) is 4.11.